The molecule has 0 saturated heterocycles. The van der Waals surface area contributed by atoms with Crippen LogP contribution in [0.25, 0.3) is 6.08 Å². The predicted molar refractivity (Wildman–Crippen MR) is 81.8 cm³/mol. The molecule has 0 amide bonds. The van der Waals surface area contributed by atoms with Crippen LogP contribution in [-0.2, 0) is 14.3 Å². The van der Waals surface area contributed by atoms with Crippen molar-refractivity contribution in [2.24, 2.45) is 5.41 Å². The highest BCUT2D eigenvalue weighted by molar-refractivity contribution is 5.77. The highest BCUT2D eigenvalue weighted by Gasteiger charge is 2.27. The van der Waals surface area contributed by atoms with E-state index in [-0.39, 0.29) is 19.0 Å². The molecule has 21 heavy (non-hydrogen) atoms. The number of carbonyl (C=O) groups excluding carboxylic acids is 2. The van der Waals surface area contributed by atoms with Crippen molar-refractivity contribution in [2.45, 2.75) is 33.6 Å². The van der Waals surface area contributed by atoms with Gasteiger partial charge in [-0.05, 0) is 38.0 Å². The van der Waals surface area contributed by atoms with E-state index < -0.39 is 11.4 Å². The molecule has 0 aliphatic carbocycles. The molecule has 1 rings (SSSR count). The molecule has 0 aliphatic rings. The second kappa shape index (κ2) is 7.62. The summed E-state index contributed by atoms with van der Waals surface area (Å²) in [5.74, 6) is -0.262. The van der Waals surface area contributed by atoms with Crippen LogP contribution in [0.1, 0.15) is 39.2 Å². The first-order valence-electron chi connectivity index (χ1n) is 6.99. The lowest BCUT2D eigenvalue weighted by Crippen LogP contribution is -2.26. The fraction of sp³-hybridized carbons (Fsp3) is 0.412. The summed E-state index contributed by atoms with van der Waals surface area (Å²) in [5.41, 5.74) is 0.426. The van der Waals surface area contributed by atoms with Crippen LogP contribution < -0.4 is 4.74 Å². The SMILES string of the molecule is C=Cc1ccc(OC(=O)CCOC(=O)C(C)(C)CC)cc1. The molecule has 0 atom stereocenters. The smallest absolute Gasteiger partial charge is 0.314 e. The van der Waals surface area contributed by atoms with Crippen molar-refractivity contribution in [2.75, 3.05) is 6.61 Å². The quantitative estimate of drug-likeness (QED) is 0.568. The molecule has 0 spiro atoms. The van der Waals surface area contributed by atoms with E-state index >= 15 is 0 Å². The first-order valence-corrected chi connectivity index (χ1v) is 6.99. The Labute approximate surface area is 125 Å². The molecule has 0 bridgehead atoms. The average molecular weight is 290 g/mol. The zero-order valence-corrected chi connectivity index (χ0v) is 12.8. The van der Waals surface area contributed by atoms with Crippen LogP contribution in [-0.4, -0.2) is 18.5 Å². The number of carbonyl (C=O) groups is 2. The molecule has 1 aromatic rings. The molecule has 0 saturated carbocycles. The summed E-state index contributed by atoms with van der Waals surface area (Å²) < 4.78 is 10.2. The lowest BCUT2D eigenvalue weighted by Gasteiger charge is -2.20. The van der Waals surface area contributed by atoms with E-state index in [4.69, 9.17) is 9.47 Å². The lowest BCUT2D eigenvalue weighted by molar-refractivity contribution is -0.155. The van der Waals surface area contributed by atoms with Crippen molar-refractivity contribution < 1.29 is 19.1 Å². The van der Waals surface area contributed by atoms with Crippen LogP contribution in [0.15, 0.2) is 30.8 Å². The van der Waals surface area contributed by atoms with Gasteiger partial charge in [0.15, 0.2) is 0 Å². The average Bonchev–Trinajstić information content (AvgIpc) is 2.47. The van der Waals surface area contributed by atoms with E-state index in [1.54, 1.807) is 30.3 Å². The maximum absolute atomic E-state index is 11.7. The molecule has 114 valence electrons. The van der Waals surface area contributed by atoms with E-state index in [1.807, 2.05) is 20.8 Å². The van der Waals surface area contributed by atoms with Gasteiger partial charge in [0.25, 0.3) is 0 Å². The van der Waals surface area contributed by atoms with Crippen LogP contribution >= 0.6 is 0 Å². The fourth-order valence-corrected chi connectivity index (χ4v) is 1.42. The topological polar surface area (TPSA) is 52.6 Å². The predicted octanol–water partition coefficient (Wildman–Crippen LogP) is 3.60. The van der Waals surface area contributed by atoms with Gasteiger partial charge in [-0.2, -0.15) is 0 Å². The Morgan fingerprint density at radius 2 is 1.86 bits per heavy atom. The van der Waals surface area contributed by atoms with Gasteiger partial charge in [-0.3, -0.25) is 9.59 Å². The van der Waals surface area contributed by atoms with Gasteiger partial charge < -0.3 is 9.47 Å². The third kappa shape index (κ3) is 5.42. The van der Waals surface area contributed by atoms with E-state index in [9.17, 15) is 9.59 Å². The summed E-state index contributed by atoms with van der Waals surface area (Å²) in [6, 6.07) is 7.00. The Bertz CT molecular complexity index is 500. The lowest BCUT2D eigenvalue weighted by atomic mass is 9.91. The minimum Gasteiger partial charge on any atom is -0.465 e. The summed E-state index contributed by atoms with van der Waals surface area (Å²) in [6.45, 7) is 9.23. The zero-order valence-electron chi connectivity index (χ0n) is 12.8. The molecule has 0 unspecified atom stereocenters. The highest BCUT2D eigenvalue weighted by atomic mass is 16.5. The van der Waals surface area contributed by atoms with Crippen LogP contribution in [0.3, 0.4) is 0 Å². The number of rotatable bonds is 7. The van der Waals surface area contributed by atoms with Crippen molar-refractivity contribution in [3.05, 3.63) is 36.4 Å². The Balaban J connectivity index is 2.37. The standard InChI is InChI=1S/C17H22O4/c1-5-13-7-9-14(10-8-13)21-15(18)11-12-20-16(19)17(3,4)6-2/h5,7-10H,1,6,11-12H2,2-4H3. The normalized spacial score (nSPS) is 10.8. The minimum absolute atomic E-state index is 0.0336. The molecular weight excluding hydrogens is 268 g/mol. The van der Waals surface area contributed by atoms with Crippen molar-refractivity contribution in [1.82, 2.24) is 0 Å². The van der Waals surface area contributed by atoms with Gasteiger partial charge in [0, 0.05) is 0 Å². The molecule has 0 fully saturated rings. The van der Waals surface area contributed by atoms with E-state index in [1.165, 1.54) is 0 Å². The third-order valence-electron chi connectivity index (χ3n) is 3.32. The Hall–Kier alpha value is -2.10. The molecule has 0 radical (unpaired) electrons. The second-order valence-electron chi connectivity index (χ2n) is 5.37. The number of ether oxygens (including phenoxy) is 2. The van der Waals surface area contributed by atoms with Crippen LogP contribution in [0, 0.1) is 5.41 Å². The summed E-state index contributed by atoms with van der Waals surface area (Å²) in [5, 5.41) is 0. The number of hydrogen-bond donors (Lipinski definition) is 0. The van der Waals surface area contributed by atoms with Crippen molar-refractivity contribution >= 4 is 18.0 Å². The molecule has 0 heterocycles. The van der Waals surface area contributed by atoms with Gasteiger partial charge in [0.2, 0.25) is 0 Å². The highest BCUT2D eigenvalue weighted by Crippen LogP contribution is 2.21. The summed E-state index contributed by atoms with van der Waals surface area (Å²) >= 11 is 0. The van der Waals surface area contributed by atoms with Crippen LogP contribution in [0.2, 0.25) is 0 Å². The Morgan fingerprint density at radius 3 is 2.38 bits per heavy atom. The molecule has 1 aromatic carbocycles. The maximum Gasteiger partial charge on any atom is 0.314 e. The molecule has 0 aromatic heterocycles. The Morgan fingerprint density at radius 1 is 1.24 bits per heavy atom. The van der Waals surface area contributed by atoms with Gasteiger partial charge in [0.1, 0.15) is 12.4 Å². The van der Waals surface area contributed by atoms with E-state index in [0.717, 1.165) is 5.56 Å². The van der Waals surface area contributed by atoms with E-state index in [2.05, 4.69) is 6.58 Å². The monoisotopic (exact) mass is 290 g/mol. The molecular formula is C17H22O4. The number of benzene rings is 1. The molecule has 0 aliphatic heterocycles. The Kier molecular flexibility index (Phi) is 6.15. The van der Waals surface area contributed by atoms with Gasteiger partial charge in [0.05, 0.1) is 11.8 Å². The molecule has 0 N–H and O–H groups in total. The largest absolute Gasteiger partial charge is 0.465 e. The van der Waals surface area contributed by atoms with Gasteiger partial charge in [-0.1, -0.05) is 31.7 Å². The summed E-state index contributed by atoms with van der Waals surface area (Å²) in [4.78, 5) is 23.4. The maximum atomic E-state index is 11.7. The third-order valence-corrected chi connectivity index (χ3v) is 3.32. The van der Waals surface area contributed by atoms with Crippen molar-refractivity contribution in [1.29, 1.82) is 0 Å². The van der Waals surface area contributed by atoms with Crippen molar-refractivity contribution in [3.63, 3.8) is 0 Å². The van der Waals surface area contributed by atoms with Gasteiger partial charge >= 0.3 is 11.9 Å². The summed E-state index contributed by atoms with van der Waals surface area (Å²) in [7, 11) is 0. The fourth-order valence-electron chi connectivity index (χ4n) is 1.42. The number of hydrogen-bond acceptors (Lipinski definition) is 4. The zero-order chi connectivity index (χ0) is 15.9. The first-order chi connectivity index (χ1) is 9.89. The van der Waals surface area contributed by atoms with Gasteiger partial charge in [-0.15, -0.1) is 0 Å². The number of esters is 2. The molecule has 4 nitrogen and oxygen atoms in total. The van der Waals surface area contributed by atoms with E-state index in [0.29, 0.717) is 12.2 Å². The van der Waals surface area contributed by atoms with Gasteiger partial charge in [-0.25, -0.2) is 0 Å². The molecule has 4 heteroatoms. The first kappa shape index (κ1) is 17.0. The summed E-state index contributed by atoms with van der Waals surface area (Å²) in [6.07, 6.45) is 2.43. The second-order valence-corrected chi connectivity index (χ2v) is 5.37. The van der Waals surface area contributed by atoms with Crippen molar-refractivity contribution in [3.8, 4) is 5.75 Å². The van der Waals surface area contributed by atoms with Crippen LogP contribution in [0.4, 0.5) is 0 Å². The minimum atomic E-state index is -0.523. The van der Waals surface area contributed by atoms with Crippen LogP contribution in [0.5, 0.6) is 5.75 Å².